The highest BCUT2D eigenvalue weighted by molar-refractivity contribution is 9.10. The molecule has 7 heteroatoms. The number of rotatable bonds is 2. The number of thiazole rings is 1. The molecule has 3 heterocycles. The maximum atomic E-state index is 5.85. The van der Waals surface area contributed by atoms with Crippen molar-refractivity contribution in [2.24, 2.45) is 0 Å². The molecule has 0 saturated carbocycles. The summed E-state index contributed by atoms with van der Waals surface area (Å²) in [6.45, 7) is 4.89. The van der Waals surface area contributed by atoms with Crippen LogP contribution in [0.3, 0.4) is 0 Å². The third-order valence-corrected chi connectivity index (χ3v) is 5.33. The van der Waals surface area contributed by atoms with Crippen LogP contribution in [0.15, 0.2) is 29.0 Å². The van der Waals surface area contributed by atoms with Crippen molar-refractivity contribution in [2.75, 3.05) is 6.61 Å². The summed E-state index contributed by atoms with van der Waals surface area (Å²) in [6, 6.07) is 6.04. The molecule has 0 atom stereocenters. The predicted octanol–water partition coefficient (Wildman–Crippen LogP) is 4.21. The summed E-state index contributed by atoms with van der Waals surface area (Å²) in [5.74, 6) is 2.11. The maximum Gasteiger partial charge on any atom is 0.212 e. The van der Waals surface area contributed by atoms with Gasteiger partial charge in [-0.1, -0.05) is 41.1 Å². The largest absolute Gasteiger partial charge is 0.493 e. The highest BCUT2D eigenvalue weighted by Crippen LogP contribution is 2.39. The molecule has 0 spiro atoms. The van der Waals surface area contributed by atoms with Gasteiger partial charge in [0.2, 0.25) is 5.13 Å². The lowest BCUT2D eigenvalue weighted by atomic mass is 10.1. The number of aromatic nitrogens is 4. The molecule has 1 aliphatic rings. The van der Waals surface area contributed by atoms with E-state index < -0.39 is 0 Å². The van der Waals surface area contributed by atoms with E-state index in [1.54, 1.807) is 17.7 Å². The number of nitrogens with zero attached hydrogens (tertiary/aromatic N) is 4. The minimum atomic E-state index is 0.297. The van der Waals surface area contributed by atoms with Crippen molar-refractivity contribution >= 4 is 27.3 Å². The van der Waals surface area contributed by atoms with Gasteiger partial charge in [-0.2, -0.15) is 9.78 Å². The molecule has 0 amide bonds. The van der Waals surface area contributed by atoms with E-state index >= 15 is 0 Å². The van der Waals surface area contributed by atoms with Crippen LogP contribution in [0, 0.1) is 0 Å². The second-order valence-corrected chi connectivity index (χ2v) is 7.67. The first kappa shape index (κ1) is 14.8. The van der Waals surface area contributed by atoms with E-state index in [1.165, 1.54) is 4.88 Å². The summed E-state index contributed by atoms with van der Waals surface area (Å²) >= 11 is 5.20. The number of halogens is 1. The lowest BCUT2D eigenvalue weighted by Crippen LogP contribution is -2.04. The van der Waals surface area contributed by atoms with Gasteiger partial charge in [-0.3, -0.25) is 0 Å². The lowest BCUT2D eigenvalue weighted by molar-refractivity contribution is 0.327. The van der Waals surface area contributed by atoms with Crippen LogP contribution in [0.2, 0.25) is 0 Å². The quantitative estimate of drug-likeness (QED) is 0.657. The fourth-order valence-electron chi connectivity index (χ4n) is 2.67. The third kappa shape index (κ3) is 2.57. The van der Waals surface area contributed by atoms with Gasteiger partial charge in [-0.15, -0.1) is 0 Å². The number of ether oxygens (including phenoxy) is 1. The standard InChI is InChI=1S/C16H15BrN4OS/c1-9(2)15-18-8-19-21(15)16-20-14-11-7-10(17)3-4-12(11)22-6-5-13(14)23-16/h3-4,7-9H,5-6H2,1-2H3. The zero-order valence-electron chi connectivity index (χ0n) is 12.8. The molecule has 0 saturated heterocycles. The minimum Gasteiger partial charge on any atom is -0.493 e. The van der Waals surface area contributed by atoms with Crippen molar-refractivity contribution in [3.05, 3.63) is 39.7 Å². The summed E-state index contributed by atoms with van der Waals surface area (Å²) in [6.07, 6.45) is 2.45. The minimum absolute atomic E-state index is 0.297. The molecular formula is C16H15BrN4OS. The van der Waals surface area contributed by atoms with Gasteiger partial charge in [-0.05, 0) is 18.2 Å². The molecule has 0 bridgehead atoms. The van der Waals surface area contributed by atoms with Gasteiger partial charge in [0.1, 0.15) is 17.9 Å². The number of hydrogen-bond donors (Lipinski definition) is 0. The van der Waals surface area contributed by atoms with Gasteiger partial charge in [0.05, 0.1) is 12.3 Å². The Morgan fingerprint density at radius 1 is 1.35 bits per heavy atom. The Labute approximate surface area is 146 Å². The number of fused-ring (bicyclic) bond motifs is 3. The molecule has 4 rings (SSSR count). The van der Waals surface area contributed by atoms with E-state index in [9.17, 15) is 0 Å². The summed E-state index contributed by atoms with van der Waals surface area (Å²) < 4.78 is 8.72. The highest BCUT2D eigenvalue weighted by Gasteiger charge is 2.23. The molecular weight excluding hydrogens is 376 g/mol. The first-order valence-electron chi connectivity index (χ1n) is 7.46. The third-order valence-electron chi connectivity index (χ3n) is 3.74. The van der Waals surface area contributed by atoms with Gasteiger partial charge >= 0.3 is 0 Å². The fourth-order valence-corrected chi connectivity index (χ4v) is 4.05. The van der Waals surface area contributed by atoms with Crippen molar-refractivity contribution in [2.45, 2.75) is 26.2 Å². The average molecular weight is 391 g/mol. The second kappa shape index (κ2) is 5.72. The number of benzene rings is 1. The Morgan fingerprint density at radius 3 is 3.04 bits per heavy atom. The smallest absolute Gasteiger partial charge is 0.212 e. The van der Waals surface area contributed by atoms with Crippen LogP contribution in [0.4, 0.5) is 0 Å². The van der Waals surface area contributed by atoms with Gasteiger partial charge in [0, 0.05) is 27.3 Å². The Hall–Kier alpha value is -1.73. The van der Waals surface area contributed by atoms with Gasteiger partial charge in [0.15, 0.2) is 0 Å². The SMILES string of the molecule is CC(C)c1ncnn1-c1nc2c(s1)CCOc1ccc(Br)cc1-2. The summed E-state index contributed by atoms with van der Waals surface area (Å²) in [7, 11) is 0. The van der Waals surface area contributed by atoms with Crippen LogP contribution in [0.1, 0.15) is 30.5 Å². The van der Waals surface area contributed by atoms with Crippen molar-refractivity contribution in [3.8, 4) is 22.1 Å². The molecule has 0 fully saturated rings. The second-order valence-electron chi connectivity index (χ2n) is 5.69. The lowest BCUT2D eigenvalue weighted by Gasteiger charge is -2.07. The maximum absolute atomic E-state index is 5.85. The zero-order chi connectivity index (χ0) is 16.0. The van der Waals surface area contributed by atoms with Crippen LogP contribution in [-0.4, -0.2) is 26.4 Å². The molecule has 1 aliphatic heterocycles. The van der Waals surface area contributed by atoms with E-state index in [4.69, 9.17) is 9.72 Å². The van der Waals surface area contributed by atoms with E-state index in [2.05, 4.69) is 45.9 Å². The van der Waals surface area contributed by atoms with Crippen LogP contribution >= 0.6 is 27.3 Å². The molecule has 0 aliphatic carbocycles. The molecule has 118 valence electrons. The summed E-state index contributed by atoms with van der Waals surface area (Å²) in [5, 5.41) is 5.23. The van der Waals surface area contributed by atoms with Crippen molar-refractivity contribution in [3.63, 3.8) is 0 Å². The topological polar surface area (TPSA) is 52.8 Å². The van der Waals surface area contributed by atoms with Crippen LogP contribution < -0.4 is 4.74 Å². The normalized spacial score (nSPS) is 13.4. The van der Waals surface area contributed by atoms with Crippen LogP contribution in [0.25, 0.3) is 16.4 Å². The van der Waals surface area contributed by atoms with Crippen molar-refractivity contribution in [1.29, 1.82) is 0 Å². The van der Waals surface area contributed by atoms with Gasteiger partial charge < -0.3 is 4.74 Å². The van der Waals surface area contributed by atoms with Gasteiger partial charge in [0.25, 0.3) is 0 Å². The summed E-state index contributed by atoms with van der Waals surface area (Å²) in [5.41, 5.74) is 2.02. The van der Waals surface area contributed by atoms with Crippen molar-refractivity contribution in [1.82, 2.24) is 19.7 Å². The first-order chi connectivity index (χ1) is 11.1. The van der Waals surface area contributed by atoms with E-state index in [1.807, 2.05) is 16.8 Å². The Morgan fingerprint density at radius 2 is 2.22 bits per heavy atom. The number of hydrogen-bond acceptors (Lipinski definition) is 5. The van der Waals surface area contributed by atoms with E-state index in [0.29, 0.717) is 12.5 Å². The fraction of sp³-hybridized carbons (Fsp3) is 0.312. The zero-order valence-corrected chi connectivity index (χ0v) is 15.2. The van der Waals surface area contributed by atoms with E-state index in [0.717, 1.165) is 38.9 Å². The molecule has 1 aromatic carbocycles. The van der Waals surface area contributed by atoms with Crippen molar-refractivity contribution < 1.29 is 4.74 Å². The molecule has 23 heavy (non-hydrogen) atoms. The Balaban J connectivity index is 1.87. The Kier molecular flexibility index (Phi) is 3.69. The molecule has 3 aromatic rings. The highest BCUT2D eigenvalue weighted by atomic mass is 79.9. The monoisotopic (exact) mass is 390 g/mol. The molecule has 0 unspecified atom stereocenters. The summed E-state index contributed by atoms with van der Waals surface area (Å²) in [4.78, 5) is 10.4. The van der Waals surface area contributed by atoms with Crippen LogP contribution in [-0.2, 0) is 6.42 Å². The predicted molar refractivity (Wildman–Crippen MR) is 93.5 cm³/mol. The molecule has 2 aromatic heterocycles. The van der Waals surface area contributed by atoms with Crippen LogP contribution in [0.5, 0.6) is 5.75 Å². The molecule has 5 nitrogen and oxygen atoms in total. The molecule has 0 radical (unpaired) electrons. The van der Waals surface area contributed by atoms with Gasteiger partial charge in [-0.25, -0.2) is 9.97 Å². The van der Waals surface area contributed by atoms with E-state index in [-0.39, 0.29) is 0 Å². The Bertz CT molecular complexity index is 871. The molecule has 0 N–H and O–H groups in total. The first-order valence-corrected chi connectivity index (χ1v) is 9.07. The average Bonchev–Trinajstić information content (AvgIpc) is 3.12.